The molecule has 0 fully saturated rings. The van der Waals surface area contributed by atoms with Crippen LogP contribution in [0.2, 0.25) is 0 Å². The van der Waals surface area contributed by atoms with E-state index in [0.717, 1.165) is 25.7 Å². The lowest BCUT2D eigenvalue weighted by Gasteiger charge is -2.16. The standard InChI is InChI=1S/C54H38N2/c1-5-19-50-46(13-1)47-14-2-6-20-51(47)55(50)42-29-27-35-23-25-38(31-40(35)33-42)44-17-9-11-37-12-10-18-45(54(37)44)39-26-24-36-28-30-43(34-41(36)32-39)56-52-21-7-3-15-48(52)49-16-4-8-22-53(49)56/h1,3,5-13,15,17-34H,2,4,14,16H2. The fourth-order valence-electron chi connectivity index (χ4n) is 9.83. The van der Waals surface area contributed by atoms with Crippen molar-refractivity contribution in [2.45, 2.75) is 25.7 Å². The topological polar surface area (TPSA) is 9.86 Å². The van der Waals surface area contributed by atoms with Crippen LogP contribution >= 0.6 is 0 Å². The molecular weight excluding hydrogens is 677 g/mol. The van der Waals surface area contributed by atoms with Crippen molar-refractivity contribution in [1.29, 1.82) is 0 Å². The van der Waals surface area contributed by atoms with Gasteiger partial charge in [-0.15, -0.1) is 0 Å². The molecule has 12 rings (SSSR count). The lowest BCUT2D eigenvalue weighted by molar-refractivity contribution is 0.968. The Balaban J connectivity index is 0.995. The number of nitrogens with zero attached hydrogens (tertiary/aromatic N) is 2. The van der Waals surface area contributed by atoms with Crippen molar-refractivity contribution >= 4 is 66.3 Å². The molecule has 2 heteroatoms. The van der Waals surface area contributed by atoms with Crippen molar-refractivity contribution in [2.24, 2.45) is 0 Å². The molecule has 2 aromatic heterocycles. The maximum atomic E-state index is 2.46. The minimum Gasteiger partial charge on any atom is -0.310 e. The summed E-state index contributed by atoms with van der Waals surface area (Å²) in [6.45, 7) is 0. The molecule has 0 aliphatic heterocycles. The Morgan fingerprint density at radius 1 is 0.375 bits per heavy atom. The fraction of sp³-hybridized carbons (Fsp3) is 0.0741. The molecule has 2 aliphatic rings. The zero-order valence-electron chi connectivity index (χ0n) is 31.0. The van der Waals surface area contributed by atoms with Gasteiger partial charge in [-0.25, -0.2) is 0 Å². The molecular formula is C54H38N2. The summed E-state index contributed by atoms with van der Waals surface area (Å²) in [5.41, 5.74) is 15.5. The molecule has 2 nitrogen and oxygen atoms in total. The molecule has 0 saturated carbocycles. The van der Waals surface area contributed by atoms with Crippen molar-refractivity contribution in [3.8, 4) is 33.6 Å². The van der Waals surface area contributed by atoms with Crippen LogP contribution in [0.5, 0.6) is 0 Å². The number of fused-ring (bicyclic) bond motifs is 9. The van der Waals surface area contributed by atoms with Gasteiger partial charge in [0.25, 0.3) is 0 Å². The summed E-state index contributed by atoms with van der Waals surface area (Å²) in [7, 11) is 0. The monoisotopic (exact) mass is 714 g/mol. The number of hydrogen-bond acceptors (Lipinski definition) is 0. The number of aromatic nitrogens is 2. The van der Waals surface area contributed by atoms with E-state index in [0.29, 0.717) is 0 Å². The highest BCUT2D eigenvalue weighted by molar-refractivity contribution is 6.08. The molecule has 2 aliphatic carbocycles. The molecule has 0 atom stereocenters. The van der Waals surface area contributed by atoms with E-state index >= 15 is 0 Å². The van der Waals surface area contributed by atoms with E-state index in [9.17, 15) is 0 Å². The number of rotatable bonds is 4. The summed E-state index contributed by atoms with van der Waals surface area (Å²) in [5, 5.41) is 10.2. The first kappa shape index (κ1) is 31.5. The average Bonchev–Trinajstić information content (AvgIpc) is 3.78. The summed E-state index contributed by atoms with van der Waals surface area (Å²) >= 11 is 0. The largest absolute Gasteiger partial charge is 0.310 e. The number of aryl methyl sites for hydroxylation is 2. The van der Waals surface area contributed by atoms with E-state index in [-0.39, 0.29) is 0 Å². The van der Waals surface area contributed by atoms with Crippen molar-refractivity contribution in [1.82, 2.24) is 9.13 Å². The highest BCUT2D eigenvalue weighted by Gasteiger charge is 2.20. The normalized spacial score (nSPS) is 13.6. The summed E-state index contributed by atoms with van der Waals surface area (Å²) in [6.07, 6.45) is 13.6. The molecule has 0 saturated heterocycles. The van der Waals surface area contributed by atoms with Crippen molar-refractivity contribution in [3.05, 3.63) is 192 Å². The van der Waals surface area contributed by atoms with Crippen LogP contribution in [0.3, 0.4) is 0 Å². The maximum absolute atomic E-state index is 2.46. The number of para-hydroxylation sites is 2. The Bertz CT molecular complexity index is 3090. The smallest absolute Gasteiger partial charge is 0.0537 e. The fourth-order valence-corrected chi connectivity index (χ4v) is 9.83. The highest BCUT2D eigenvalue weighted by Crippen LogP contribution is 2.41. The predicted octanol–water partition coefficient (Wildman–Crippen LogP) is 14.3. The third-order valence-corrected chi connectivity index (χ3v) is 12.4. The minimum atomic E-state index is 1.09. The highest BCUT2D eigenvalue weighted by atomic mass is 15.0. The van der Waals surface area contributed by atoms with Crippen LogP contribution in [0.4, 0.5) is 0 Å². The van der Waals surface area contributed by atoms with Gasteiger partial charge in [-0.2, -0.15) is 0 Å². The third-order valence-electron chi connectivity index (χ3n) is 12.4. The van der Waals surface area contributed by atoms with E-state index < -0.39 is 0 Å². The van der Waals surface area contributed by atoms with Gasteiger partial charge >= 0.3 is 0 Å². The van der Waals surface area contributed by atoms with Gasteiger partial charge in [0.05, 0.1) is 11.0 Å². The van der Waals surface area contributed by atoms with Gasteiger partial charge in [0.1, 0.15) is 0 Å². The predicted molar refractivity (Wildman–Crippen MR) is 238 cm³/mol. The van der Waals surface area contributed by atoms with E-state index in [4.69, 9.17) is 0 Å². The Morgan fingerprint density at radius 2 is 0.857 bits per heavy atom. The van der Waals surface area contributed by atoms with Gasteiger partial charge in [-0.3, -0.25) is 0 Å². The SMILES string of the molecule is C1=Cc2c(c3ccccc3n2-c2ccc3ccc(-c4cccc5cccc(-c6ccc7ccc(-n8c9c(c%10ccccc%108)CCC=C9)cc7c6)c45)cc3c2)CC1. The second-order valence-electron chi connectivity index (χ2n) is 15.5. The first-order valence-corrected chi connectivity index (χ1v) is 20.0. The lowest BCUT2D eigenvalue weighted by Crippen LogP contribution is -2.00. The molecule has 0 unspecified atom stereocenters. The Hall–Kier alpha value is -6.90. The van der Waals surface area contributed by atoms with E-state index in [1.165, 1.54) is 110 Å². The van der Waals surface area contributed by atoms with Crippen molar-refractivity contribution in [2.75, 3.05) is 0 Å². The van der Waals surface area contributed by atoms with Crippen LogP contribution in [0.1, 0.15) is 35.4 Å². The molecule has 2 heterocycles. The van der Waals surface area contributed by atoms with E-state index in [2.05, 4.69) is 191 Å². The van der Waals surface area contributed by atoms with E-state index in [1.807, 2.05) is 0 Å². The van der Waals surface area contributed by atoms with Crippen molar-refractivity contribution in [3.63, 3.8) is 0 Å². The molecule has 0 radical (unpaired) electrons. The molecule has 264 valence electrons. The Kier molecular flexibility index (Phi) is 6.91. The van der Waals surface area contributed by atoms with Crippen LogP contribution < -0.4 is 0 Å². The molecule has 8 aromatic carbocycles. The first-order valence-electron chi connectivity index (χ1n) is 20.0. The second kappa shape index (κ2) is 12.3. The van der Waals surface area contributed by atoms with Crippen LogP contribution in [-0.2, 0) is 12.8 Å². The summed E-state index contributed by atoms with van der Waals surface area (Å²) in [5.74, 6) is 0. The zero-order chi connectivity index (χ0) is 36.7. The lowest BCUT2D eigenvalue weighted by atomic mass is 9.90. The zero-order valence-corrected chi connectivity index (χ0v) is 31.0. The second-order valence-corrected chi connectivity index (χ2v) is 15.5. The quantitative estimate of drug-likeness (QED) is 0.172. The molecule has 0 N–H and O–H groups in total. The van der Waals surface area contributed by atoms with Crippen LogP contribution in [0, 0.1) is 0 Å². The molecule has 10 aromatic rings. The molecule has 0 spiro atoms. The molecule has 0 amide bonds. The van der Waals surface area contributed by atoms with E-state index in [1.54, 1.807) is 0 Å². The summed E-state index contributed by atoms with van der Waals surface area (Å²) in [6, 6.07) is 59.1. The Labute approximate surface area is 325 Å². The maximum Gasteiger partial charge on any atom is 0.0537 e. The summed E-state index contributed by atoms with van der Waals surface area (Å²) < 4.78 is 4.91. The van der Waals surface area contributed by atoms with Gasteiger partial charge in [-0.05, 0) is 152 Å². The van der Waals surface area contributed by atoms with Crippen LogP contribution in [-0.4, -0.2) is 9.13 Å². The number of hydrogen-bond donors (Lipinski definition) is 0. The molecule has 0 bridgehead atoms. The van der Waals surface area contributed by atoms with Crippen LogP contribution in [0.15, 0.2) is 170 Å². The van der Waals surface area contributed by atoms with Crippen LogP contribution in [0.25, 0.3) is 99.9 Å². The number of benzene rings is 8. The van der Waals surface area contributed by atoms with Gasteiger partial charge in [0, 0.05) is 33.5 Å². The van der Waals surface area contributed by atoms with Gasteiger partial charge < -0.3 is 9.13 Å². The molecule has 56 heavy (non-hydrogen) atoms. The number of allylic oxidation sites excluding steroid dienone is 2. The Morgan fingerprint density at radius 3 is 1.38 bits per heavy atom. The average molecular weight is 715 g/mol. The summed E-state index contributed by atoms with van der Waals surface area (Å²) in [4.78, 5) is 0. The third kappa shape index (κ3) is 4.75. The first-order chi connectivity index (χ1) is 27.8. The minimum absolute atomic E-state index is 1.09. The van der Waals surface area contributed by atoms with Gasteiger partial charge in [-0.1, -0.05) is 121 Å². The van der Waals surface area contributed by atoms with Gasteiger partial charge in [0.2, 0.25) is 0 Å². The van der Waals surface area contributed by atoms with Crippen molar-refractivity contribution < 1.29 is 0 Å². The van der Waals surface area contributed by atoms with Gasteiger partial charge in [0.15, 0.2) is 0 Å².